The molecular formula is C14H15BrN6O2. The lowest BCUT2D eigenvalue weighted by Gasteiger charge is -2.09. The standard InChI is InChI=1S/C14H15BrN6O2/c1-2-18-14(23)20-12-4-11(15)10(7-19-12)8-3-9(6-17-5-8)13(22)21-16/h3-7H,2,16H2,1H3,(H,21,22)(H2,18,19,20,23). The number of carbonyl (C=O) groups excluding carboxylic acids is 2. The van der Waals surface area contributed by atoms with Gasteiger partial charge in [-0.2, -0.15) is 0 Å². The summed E-state index contributed by atoms with van der Waals surface area (Å²) < 4.78 is 0.700. The minimum absolute atomic E-state index is 0.331. The highest BCUT2D eigenvalue weighted by molar-refractivity contribution is 9.10. The first kappa shape index (κ1) is 16.8. The van der Waals surface area contributed by atoms with Crippen LogP contribution in [-0.2, 0) is 0 Å². The number of rotatable bonds is 4. The molecule has 0 aliphatic carbocycles. The molecule has 9 heteroatoms. The highest BCUT2D eigenvalue weighted by Gasteiger charge is 2.11. The van der Waals surface area contributed by atoms with Gasteiger partial charge in [0.25, 0.3) is 5.91 Å². The van der Waals surface area contributed by atoms with Gasteiger partial charge in [-0.05, 0) is 35.0 Å². The summed E-state index contributed by atoms with van der Waals surface area (Å²) in [5, 5.41) is 5.23. The Morgan fingerprint density at radius 1 is 1.26 bits per heavy atom. The van der Waals surface area contributed by atoms with Gasteiger partial charge >= 0.3 is 6.03 Å². The zero-order valence-electron chi connectivity index (χ0n) is 12.3. The van der Waals surface area contributed by atoms with Gasteiger partial charge in [0.05, 0.1) is 5.56 Å². The Hall–Kier alpha value is -2.52. The van der Waals surface area contributed by atoms with E-state index in [-0.39, 0.29) is 6.03 Å². The van der Waals surface area contributed by atoms with Gasteiger partial charge in [-0.1, -0.05) is 0 Å². The molecular weight excluding hydrogens is 364 g/mol. The van der Waals surface area contributed by atoms with Crippen molar-refractivity contribution in [3.8, 4) is 11.1 Å². The summed E-state index contributed by atoms with van der Waals surface area (Å²) in [5.74, 6) is 5.08. The maximum absolute atomic E-state index is 11.6. The first-order chi connectivity index (χ1) is 11.0. The second-order valence-corrected chi connectivity index (χ2v) is 5.32. The van der Waals surface area contributed by atoms with Crippen LogP contribution in [0.15, 0.2) is 35.2 Å². The number of anilines is 1. The van der Waals surface area contributed by atoms with Crippen LogP contribution in [0.1, 0.15) is 17.3 Å². The van der Waals surface area contributed by atoms with Crippen molar-refractivity contribution in [1.29, 1.82) is 0 Å². The SMILES string of the molecule is CCNC(=O)Nc1cc(Br)c(-c2cncc(C(=O)NN)c2)cn1. The molecule has 0 saturated carbocycles. The summed E-state index contributed by atoms with van der Waals surface area (Å²) in [4.78, 5) is 31.2. The van der Waals surface area contributed by atoms with Crippen LogP contribution in [0.4, 0.5) is 10.6 Å². The van der Waals surface area contributed by atoms with E-state index in [1.54, 1.807) is 24.5 Å². The Balaban J connectivity index is 2.27. The molecule has 5 N–H and O–H groups in total. The highest BCUT2D eigenvalue weighted by Crippen LogP contribution is 2.29. The van der Waals surface area contributed by atoms with Crippen molar-refractivity contribution in [1.82, 2.24) is 20.7 Å². The van der Waals surface area contributed by atoms with Crippen LogP contribution in [0.3, 0.4) is 0 Å². The van der Waals surface area contributed by atoms with Crippen LogP contribution in [0.5, 0.6) is 0 Å². The average Bonchev–Trinajstić information content (AvgIpc) is 2.54. The number of amides is 3. The van der Waals surface area contributed by atoms with Gasteiger partial charge in [-0.3, -0.25) is 20.5 Å². The fraction of sp³-hybridized carbons (Fsp3) is 0.143. The Labute approximate surface area is 141 Å². The molecule has 0 aliphatic heterocycles. The fourth-order valence-corrected chi connectivity index (χ4v) is 2.38. The molecule has 8 nitrogen and oxygen atoms in total. The number of halogens is 1. The molecule has 120 valence electrons. The van der Waals surface area contributed by atoms with Crippen LogP contribution in [0, 0.1) is 0 Å². The minimum atomic E-state index is -0.432. The molecule has 23 heavy (non-hydrogen) atoms. The number of nitrogens with two attached hydrogens (primary N) is 1. The maximum Gasteiger partial charge on any atom is 0.320 e. The van der Waals surface area contributed by atoms with E-state index in [2.05, 4.69) is 42.0 Å². The smallest absolute Gasteiger partial charge is 0.320 e. The van der Waals surface area contributed by atoms with Gasteiger partial charge in [-0.15, -0.1) is 0 Å². The Kier molecular flexibility index (Phi) is 5.61. The summed E-state index contributed by atoms with van der Waals surface area (Å²) in [5.41, 5.74) is 3.81. The van der Waals surface area contributed by atoms with Crippen molar-refractivity contribution in [2.75, 3.05) is 11.9 Å². The number of aromatic nitrogens is 2. The molecule has 2 aromatic heterocycles. The summed E-state index contributed by atoms with van der Waals surface area (Å²) in [6.07, 6.45) is 4.59. The third kappa shape index (κ3) is 4.24. The molecule has 0 fully saturated rings. The van der Waals surface area contributed by atoms with Crippen LogP contribution >= 0.6 is 15.9 Å². The predicted molar refractivity (Wildman–Crippen MR) is 89.5 cm³/mol. The largest absolute Gasteiger partial charge is 0.338 e. The lowest BCUT2D eigenvalue weighted by Crippen LogP contribution is -2.30. The summed E-state index contributed by atoms with van der Waals surface area (Å²) in [6.45, 7) is 2.34. The molecule has 0 aromatic carbocycles. The summed E-state index contributed by atoms with van der Waals surface area (Å²) in [6, 6.07) is 2.98. The van der Waals surface area contributed by atoms with E-state index in [0.29, 0.717) is 28.0 Å². The number of pyridine rings is 2. The van der Waals surface area contributed by atoms with E-state index in [0.717, 1.165) is 5.56 Å². The number of hydrazine groups is 1. The van der Waals surface area contributed by atoms with Gasteiger partial charge in [0.2, 0.25) is 0 Å². The van der Waals surface area contributed by atoms with Gasteiger partial charge in [0.15, 0.2) is 0 Å². The van der Waals surface area contributed by atoms with Crippen molar-refractivity contribution in [2.45, 2.75) is 6.92 Å². The number of carbonyl (C=O) groups is 2. The van der Waals surface area contributed by atoms with Gasteiger partial charge in [0.1, 0.15) is 5.82 Å². The highest BCUT2D eigenvalue weighted by atomic mass is 79.9. The number of hydrogen-bond acceptors (Lipinski definition) is 5. The third-order valence-corrected chi connectivity index (χ3v) is 3.53. The lowest BCUT2D eigenvalue weighted by atomic mass is 10.1. The number of hydrogen-bond donors (Lipinski definition) is 4. The molecule has 0 spiro atoms. The fourth-order valence-electron chi connectivity index (χ4n) is 1.83. The first-order valence-electron chi connectivity index (χ1n) is 6.72. The summed E-state index contributed by atoms with van der Waals surface area (Å²) in [7, 11) is 0. The molecule has 0 unspecified atom stereocenters. The summed E-state index contributed by atoms with van der Waals surface area (Å²) >= 11 is 3.43. The second-order valence-electron chi connectivity index (χ2n) is 4.47. The van der Waals surface area contributed by atoms with Crippen LogP contribution in [0.2, 0.25) is 0 Å². The van der Waals surface area contributed by atoms with Crippen LogP contribution in [0.25, 0.3) is 11.1 Å². The Morgan fingerprint density at radius 2 is 2.04 bits per heavy atom. The van der Waals surface area contributed by atoms with Crippen molar-refractivity contribution in [3.63, 3.8) is 0 Å². The van der Waals surface area contributed by atoms with E-state index < -0.39 is 5.91 Å². The van der Waals surface area contributed by atoms with E-state index in [9.17, 15) is 9.59 Å². The molecule has 0 atom stereocenters. The molecule has 2 heterocycles. The molecule has 0 aliphatic rings. The number of nitrogens with one attached hydrogen (secondary N) is 3. The number of nitrogen functional groups attached to an aromatic ring is 1. The van der Waals surface area contributed by atoms with Gasteiger partial charge in [0, 0.05) is 40.7 Å². The third-order valence-electron chi connectivity index (χ3n) is 2.87. The Morgan fingerprint density at radius 3 is 2.70 bits per heavy atom. The maximum atomic E-state index is 11.6. The molecule has 0 bridgehead atoms. The average molecular weight is 379 g/mol. The van der Waals surface area contributed by atoms with Crippen molar-refractivity contribution < 1.29 is 9.59 Å². The zero-order valence-corrected chi connectivity index (χ0v) is 13.8. The zero-order chi connectivity index (χ0) is 16.8. The van der Waals surface area contributed by atoms with Crippen molar-refractivity contribution in [3.05, 3.63) is 40.8 Å². The predicted octanol–water partition coefficient (Wildman–Crippen LogP) is 1.65. The van der Waals surface area contributed by atoms with Gasteiger partial charge in [-0.25, -0.2) is 15.6 Å². The lowest BCUT2D eigenvalue weighted by molar-refractivity contribution is 0.0953. The van der Waals surface area contributed by atoms with Crippen molar-refractivity contribution >= 4 is 33.7 Å². The van der Waals surface area contributed by atoms with E-state index in [1.165, 1.54) is 6.20 Å². The number of urea groups is 1. The molecule has 2 rings (SSSR count). The van der Waals surface area contributed by atoms with Gasteiger partial charge < -0.3 is 5.32 Å². The molecule has 0 saturated heterocycles. The quantitative estimate of drug-likeness (QED) is 0.366. The Bertz CT molecular complexity index is 737. The second kappa shape index (κ2) is 7.65. The topological polar surface area (TPSA) is 122 Å². The normalized spacial score (nSPS) is 10.0. The van der Waals surface area contributed by atoms with Crippen molar-refractivity contribution in [2.24, 2.45) is 5.84 Å². The monoisotopic (exact) mass is 378 g/mol. The minimum Gasteiger partial charge on any atom is -0.338 e. The number of nitrogens with zero attached hydrogens (tertiary/aromatic N) is 2. The molecule has 3 amide bonds. The van der Waals surface area contributed by atoms with E-state index >= 15 is 0 Å². The van der Waals surface area contributed by atoms with E-state index in [1.807, 2.05) is 6.92 Å². The molecule has 2 aromatic rings. The van der Waals surface area contributed by atoms with Crippen LogP contribution < -0.4 is 21.9 Å². The van der Waals surface area contributed by atoms with E-state index in [4.69, 9.17) is 5.84 Å². The first-order valence-corrected chi connectivity index (χ1v) is 7.51. The molecule has 0 radical (unpaired) electrons. The van der Waals surface area contributed by atoms with Crippen LogP contribution in [-0.4, -0.2) is 28.5 Å².